The number of aliphatic hydroxyl groups excluding tert-OH is 1. The standard InChI is InChI=1S/C18H24N2O4S2/c1-8-13-12(9(2)21)16(22)20(13)14(18(23)24)15(8)26-11-5-6-19(7-11)17(25)10-3-4-10/h8-13,21H,3-7H2,1-2H3,(H,23,24)/t8-,9-,11?,12-,13-/m1/s1. The van der Waals surface area contributed by atoms with Crippen molar-refractivity contribution in [2.75, 3.05) is 13.1 Å². The molecule has 1 amide bonds. The van der Waals surface area contributed by atoms with Gasteiger partial charge < -0.3 is 20.0 Å². The molecule has 3 aliphatic heterocycles. The van der Waals surface area contributed by atoms with E-state index in [1.54, 1.807) is 18.7 Å². The lowest BCUT2D eigenvalue weighted by Gasteiger charge is -2.46. The first-order valence-corrected chi connectivity index (χ1v) is 10.5. The van der Waals surface area contributed by atoms with Crippen LogP contribution in [0.1, 0.15) is 33.1 Å². The first-order valence-electron chi connectivity index (χ1n) is 9.25. The number of carbonyl (C=O) groups is 2. The van der Waals surface area contributed by atoms with Crippen molar-refractivity contribution in [3.05, 3.63) is 10.6 Å². The molecule has 2 saturated heterocycles. The average molecular weight is 397 g/mol. The van der Waals surface area contributed by atoms with Crippen LogP contribution in [0.3, 0.4) is 0 Å². The lowest BCUT2D eigenvalue weighted by molar-refractivity contribution is -0.163. The normalized spacial score (nSPS) is 34.8. The predicted octanol–water partition coefficient (Wildman–Crippen LogP) is 1.69. The molecule has 142 valence electrons. The Labute approximate surface area is 162 Å². The van der Waals surface area contributed by atoms with E-state index in [-0.39, 0.29) is 28.8 Å². The zero-order valence-electron chi connectivity index (χ0n) is 14.9. The van der Waals surface area contributed by atoms with Gasteiger partial charge in [-0.1, -0.05) is 19.1 Å². The average Bonchev–Trinajstić information content (AvgIpc) is 3.26. The number of aliphatic carboxylic acids is 1. The molecule has 26 heavy (non-hydrogen) atoms. The quantitative estimate of drug-likeness (QED) is 0.541. The molecule has 0 radical (unpaired) electrons. The van der Waals surface area contributed by atoms with Crippen LogP contribution in [-0.4, -0.2) is 67.4 Å². The minimum Gasteiger partial charge on any atom is -0.477 e. The first-order chi connectivity index (χ1) is 12.3. The van der Waals surface area contributed by atoms with Gasteiger partial charge in [0.2, 0.25) is 5.91 Å². The topological polar surface area (TPSA) is 81.1 Å². The smallest absolute Gasteiger partial charge is 0.353 e. The highest BCUT2D eigenvalue weighted by Gasteiger charge is 2.60. The number of amides is 1. The van der Waals surface area contributed by atoms with Gasteiger partial charge in [-0.25, -0.2) is 4.79 Å². The summed E-state index contributed by atoms with van der Waals surface area (Å²) in [7, 11) is 0. The molecular weight excluding hydrogens is 372 g/mol. The van der Waals surface area contributed by atoms with Crippen LogP contribution in [0.15, 0.2) is 10.6 Å². The van der Waals surface area contributed by atoms with Crippen molar-refractivity contribution in [2.24, 2.45) is 17.8 Å². The zero-order valence-corrected chi connectivity index (χ0v) is 16.6. The molecule has 1 aliphatic carbocycles. The maximum absolute atomic E-state index is 12.4. The number of fused-ring (bicyclic) bond motifs is 1. The molecule has 1 unspecified atom stereocenters. The van der Waals surface area contributed by atoms with Gasteiger partial charge in [-0.3, -0.25) is 4.79 Å². The van der Waals surface area contributed by atoms with Gasteiger partial charge in [0.1, 0.15) is 5.70 Å². The van der Waals surface area contributed by atoms with Crippen LogP contribution in [0.25, 0.3) is 0 Å². The Bertz CT molecular complexity index is 703. The second kappa shape index (κ2) is 6.49. The number of aliphatic hydroxyl groups is 1. The van der Waals surface area contributed by atoms with E-state index < -0.39 is 18.0 Å². The number of likely N-dealkylation sites (tertiary alicyclic amines) is 1. The van der Waals surface area contributed by atoms with Crippen LogP contribution in [0.4, 0.5) is 0 Å². The van der Waals surface area contributed by atoms with Crippen molar-refractivity contribution in [3.63, 3.8) is 0 Å². The van der Waals surface area contributed by atoms with E-state index in [4.69, 9.17) is 12.2 Å². The molecule has 5 atom stereocenters. The van der Waals surface area contributed by atoms with Crippen LogP contribution in [-0.2, 0) is 9.59 Å². The molecular formula is C18H24N2O4S2. The van der Waals surface area contributed by atoms with E-state index >= 15 is 0 Å². The van der Waals surface area contributed by atoms with Crippen molar-refractivity contribution in [1.82, 2.24) is 9.80 Å². The molecule has 0 aromatic carbocycles. The third kappa shape index (κ3) is 2.77. The second-order valence-electron chi connectivity index (χ2n) is 7.86. The van der Waals surface area contributed by atoms with Crippen LogP contribution in [0.2, 0.25) is 0 Å². The number of carbonyl (C=O) groups excluding carboxylic acids is 1. The van der Waals surface area contributed by atoms with Crippen LogP contribution >= 0.6 is 24.0 Å². The fraction of sp³-hybridized carbons (Fsp3) is 0.722. The molecule has 6 nitrogen and oxygen atoms in total. The van der Waals surface area contributed by atoms with Crippen molar-refractivity contribution in [3.8, 4) is 0 Å². The molecule has 3 heterocycles. The molecule has 4 rings (SSSR count). The maximum Gasteiger partial charge on any atom is 0.353 e. The Kier molecular flexibility index (Phi) is 4.56. The number of carboxylic acids is 1. The lowest BCUT2D eigenvalue weighted by atomic mass is 9.79. The lowest BCUT2D eigenvalue weighted by Crippen LogP contribution is -2.63. The van der Waals surface area contributed by atoms with Gasteiger partial charge >= 0.3 is 5.97 Å². The summed E-state index contributed by atoms with van der Waals surface area (Å²) in [6.45, 7) is 5.35. The number of nitrogens with zero attached hydrogens (tertiary/aromatic N) is 2. The molecule has 0 spiro atoms. The fourth-order valence-corrected chi connectivity index (χ4v) is 6.36. The molecule has 8 heteroatoms. The number of hydrogen-bond acceptors (Lipinski definition) is 5. The van der Waals surface area contributed by atoms with Crippen molar-refractivity contribution < 1.29 is 19.8 Å². The van der Waals surface area contributed by atoms with E-state index in [1.807, 2.05) is 6.92 Å². The van der Waals surface area contributed by atoms with Gasteiger partial charge in [0.05, 0.1) is 23.1 Å². The van der Waals surface area contributed by atoms with E-state index in [0.29, 0.717) is 5.92 Å². The van der Waals surface area contributed by atoms with Gasteiger partial charge in [0.15, 0.2) is 0 Å². The second-order valence-corrected chi connectivity index (χ2v) is 9.62. The number of β-lactam (4-membered cyclic amide) rings is 1. The van der Waals surface area contributed by atoms with Gasteiger partial charge in [-0.15, -0.1) is 11.8 Å². The van der Waals surface area contributed by atoms with E-state index in [1.165, 1.54) is 17.7 Å². The number of hydrogen-bond donors (Lipinski definition) is 2. The Balaban J connectivity index is 1.51. The Morgan fingerprint density at radius 2 is 2.04 bits per heavy atom. The van der Waals surface area contributed by atoms with Crippen LogP contribution < -0.4 is 0 Å². The maximum atomic E-state index is 12.4. The first kappa shape index (κ1) is 18.3. The van der Waals surface area contributed by atoms with Crippen molar-refractivity contribution in [1.29, 1.82) is 0 Å². The SMILES string of the molecule is C[C@@H](O)[C@H]1C(=O)N2C(C(=O)O)=C(SC3CCN(C(=S)C4CC4)C3)[C@H](C)[C@H]12. The third-order valence-corrected chi connectivity index (χ3v) is 8.12. The van der Waals surface area contributed by atoms with E-state index in [2.05, 4.69) is 4.90 Å². The molecule has 3 fully saturated rings. The number of rotatable bonds is 5. The molecule has 0 aromatic heterocycles. The van der Waals surface area contributed by atoms with Crippen LogP contribution in [0, 0.1) is 17.8 Å². The van der Waals surface area contributed by atoms with Crippen molar-refractivity contribution in [2.45, 2.75) is 50.5 Å². The van der Waals surface area contributed by atoms with Crippen LogP contribution in [0.5, 0.6) is 0 Å². The number of carboxylic acid groups (broad SMARTS) is 1. The molecule has 2 N–H and O–H groups in total. The van der Waals surface area contributed by atoms with Gasteiger partial charge in [-0.05, 0) is 26.2 Å². The summed E-state index contributed by atoms with van der Waals surface area (Å²) in [6.07, 6.45) is 2.60. The molecule has 0 bridgehead atoms. The zero-order chi connectivity index (χ0) is 18.7. The monoisotopic (exact) mass is 396 g/mol. The molecule has 4 aliphatic rings. The molecule has 1 saturated carbocycles. The van der Waals surface area contributed by atoms with E-state index in [0.717, 1.165) is 29.4 Å². The number of thiocarbonyl (C=S) groups is 1. The van der Waals surface area contributed by atoms with Gasteiger partial charge in [0.25, 0.3) is 0 Å². The highest BCUT2D eigenvalue weighted by molar-refractivity contribution is 8.03. The summed E-state index contributed by atoms with van der Waals surface area (Å²) in [5.74, 6) is -1.32. The Morgan fingerprint density at radius 3 is 2.62 bits per heavy atom. The summed E-state index contributed by atoms with van der Waals surface area (Å²) < 4.78 is 0. The summed E-state index contributed by atoms with van der Waals surface area (Å²) in [5, 5.41) is 19.9. The summed E-state index contributed by atoms with van der Waals surface area (Å²) >= 11 is 7.16. The summed E-state index contributed by atoms with van der Waals surface area (Å²) in [4.78, 5) is 29.7. The van der Waals surface area contributed by atoms with E-state index in [9.17, 15) is 19.8 Å². The molecule has 0 aromatic rings. The largest absolute Gasteiger partial charge is 0.477 e. The summed E-state index contributed by atoms with van der Waals surface area (Å²) in [5.41, 5.74) is 0.123. The van der Waals surface area contributed by atoms with Gasteiger partial charge in [-0.2, -0.15) is 0 Å². The van der Waals surface area contributed by atoms with Crippen molar-refractivity contribution >= 4 is 40.8 Å². The van der Waals surface area contributed by atoms with Gasteiger partial charge in [0, 0.05) is 35.1 Å². The minimum absolute atomic E-state index is 0.0622. The summed E-state index contributed by atoms with van der Waals surface area (Å²) in [6, 6.07) is -0.235. The minimum atomic E-state index is -1.05. The Hall–Kier alpha value is -1.12. The highest BCUT2D eigenvalue weighted by Crippen LogP contribution is 2.52. The third-order valence-electron chi connectivity index (χ3n) is 5.99. The predicted molar refractivity (Wildman–Crippen MR) is 103 cm³/mol. The highest BCUT2D eigenvalue weighted by atomic mass is 32.2. The fourth-order valence-electron chi connectivity index (χ4n) is 4.47. The Morgan fingerprint density at radius 1 is 1.35 bits per heavy atom. The number of thioether (sulfide) groups is 1.